The number of nitrogens with one attached hydrogen (secondary N) is 1. The Morgan fingerprint density at radius 1 is 1.62 bits per heavy atom. The van der Waals surface area contributed by atoms with E-state index in [9.17, 15) is 4.79 Å². The van der Waals surface area contributed by atoms with Gasteiger partial charge in [-0.2, -0.15) is 0 Å². The number of thioether (sulfide) groups is 1. The van der Waals surface area contributed by atoms with Crippen molar-refractivity contribution in [3.63, 3.8) is 0 Å². The number of carbonyl (C=O) groups excluding carboxylic acids is 1. The monoisotopic (exact) mass is 236 g/mol. The maximum Gasteiger partial charge on any atom is 0.230 e. The third-order valence-corrected chi connectivity index (χ3v) is 3.29. The molecular weight excluding hydrogens is 220 g/mol. The van der Waals surface area contributed by atoms with Gasteiger partial charge in [0, 0.05) is 17.1 Å². The van der Waals surface area contributed by atoms with Gasteiger partial charge in [-0.3, -0.25) is 4.79 Å². The number of amides is 1. The molecule has 1 amide bonds. The van der Waals surface area contributed by atoms with Gasteiger partial charge in [0.05, 0.1) is 5.75 Å². The number of rotatable bonds is 5. The molecule has 3 N–H and O–H groups in total. The molecule has 1 rings (SSSR count). The highest BCUT2D eigenvalue weighted by Crippen LogP contribution is 2.25. The molecule has 0 aromatic heterocycles. The number of nitrogens with two attached hydrogens (primary N) is 1. The molecule has 16 heavy (non-hydrogen) atoms. The summed E-state index contributed by atoms with van der Waals surface area (Å²) in [5, 5.41) is 2.73. The highest BCUT2D eigenvalue weighted by molar-refractivity contribution is 8.00. The standard InChI is InChI=1S/C12H16N2OS/c1-3-7-14-12(15)8-16-11-6-4-5-10(13)9(11)2/h3-6H,1,7-8,13H2,2H3,(H,14,15). The second-order valence-corrected chi connectivity index (χ2v) is 4.37. The van der Waals surface area contributed by atoms with Gasteiger partial charge in [-0.1, -0.05) is 12.1 Å². The van der Waals surface area contributed by atoms with Crippen LogP contribution >= 0.6 is 11.8 Å². The summed E-state index contributed by atoms with van der Waals surface area (Å²) in [6.45, 7) is 6.01. The second-order valence-electron chi connectivity index (χ2n) is 3.35. The van der Waals surface area contributed by atoms with Crippen molar-refractivity contribution >= 4 is 23.4 Å². The normalized spacial score (nSPS) is 9.81. The summed E-state index contributed by atoms with van der Waals surface area (Å²) in [5.74, 6) is 0.407. The summed E-state index contributed by atoms with van der Waals surface area (Å²) in [5.41, 5.74) is 7.57. The van der Waals surface area contributed by atoms with E-state index < -0.39 is 0 Å². The van der Waals surface area contributed by atoms with E-state index in [1.165, 1.54) is 11.8 Å². The quantitative estimate of drug-likeness (QED) is 0.467. The van der Waals surface area contributed by atoms with E-state index in [0.29, 0.717) is 12.3 Å². The minimum absolute atomic E-state index is 0.00623. The number of anilines is 1. The average Bonchev–Trinajstić information content (AvgIpc) is 2.28. The largest absolute Gasteiger partial charge is 0.398 e. The lowest BCUT2D eigenvalue weighted by Crippen LogP contribution is -2.24. The van der Waals surface area contributed by atoms with Crippen LogP contribution in [0, 0.1) is 6.92 Å². The number of carbonyl (C=O) groups is 1. The van der Waals surface area contributed by atoms with Gasteiger partial charge < -0.3 is 11.1 Å². The Bertz CT molecular complexity index is 391. The summed E-state index contributed by atoms with van der Waals surface area (Å²) < 4.78 is 0. The smallest absolute Gasteiger partial charge is 0.230 e. The first-order valence-corrected chi connectivity index (χ1v) is 5.99. The zero-order valence-electron chi connectivity index (χ0n) is 9.32. The summed E-state index contributed by atoms with van der Waals surface area (Å²) in [4.78, 5) is 12.4. The topological polar surface area (TPSA) is 55.1 Å². The van der Waals surface area contributed by atoms with Crippen molar-refractivity contribution in [2.45, 2.75) is 11.8 Å². The lowest BCUT2D eigenvalue weighted by Gasteiger charge is -2.07. The van der Waals surface area contributed by atoms with E-state index >= 15 is 0 Å². The minimum Gasteiger partial charge on any atom is -0.398 e. The molecule has 4 heteroatoms. The predicted molar refractivity (Wildman–Crippen MR) is 69.5 cm³/mol. The molecule has 1 aromatic rings. The third kappa shape index (κ3) is 3.62. The number of hydrogen-bond donors (Lipinski definition) is 2. The molecule has 0 fully saturated rings. The van der Waals surface area contributed by atoms with Gasteiger partial charge in [0.25, 0.3) is 0 Å². The highest BCUT2D eigenvalue weighted by Gasteiger charge is 2.05. The molecule has 1 aromatic carbocycles. The Labute approximate surface area is 100 Å². The maximum absolute atomic E-state index is 11.4. The molecule has 0 saturated carbocycles. The van der Waals surface area contributed by atoms with E-state index in [2.05, 4.69) is 11.9 Å². The second kappa shape index (κ2) is 6.23. The lowest BCUT2D eigenvalue weighted by atomic mass is 10.2. The van der Waals surface area contributed by atoms with Gasteiger partial charge in [0.15, 0.2) is 0 Å². The van der Waals surface area contributed by atoms with Crippen LogP contribution in [-0.4, -0.2) is 18.2 Å². The summed E-state index contributed by atoms with van der Waals surface area (Å²) in [6, 6.07) is 5.72. The first-order valence-electron chi connectivity index (χ1n) is 5.00. The SMILES string of the molecule is C=CCNC(=O)CSc1cccc(N)c1C. The van der Waals surface area contributed by atoms with E-state index in [4.69, 9.17) is 5.73 Å². The molecule has 0 aliphatic heterocycles. The summed E-state index contributed by atoms with van der Waals surface area (Å²) in [7, 11) is 0. The zero-order chi connectivity index (χ0) is 12.0. The Kier molecular flexibility index (Phi) is 4.92. The first kappa shape index (κ1) is 12.6. The van der Waals surface area contributed by atoms with E-state index in [0.717, 1.165) is 16.1 Å². The van der Waals surface area contributed by atoms with Crippen molar-refractivity contribution in [3.8, 4) is 0 Å². The molecular formula is C12H16N2OS. The molecule has 0 saturated heterocycles. The van der Waals surface area contributed by atoms with Crippen molar-refractivity contribution in [1.29, 1.82) is 0 Å². The van der Waals surface area contributed by atoms with Crippen LogP contribution < -0.4 is 11.1 Å². The molecule has 0 spiro atoms. The van der Waals surface area contributed by atoms with Crippen molar-refractivity contribution in [2.75, 3.05) is 18.0 Å². The van der Waals surface area contributed by atoms with Gasteiger partial charge in [-0.15, -0.1) is 18.3 Å². The van der Waals surface area contributed by atoms with Crippen molar-refractivity contribution in [1.82, 2.24) is 5.32 Å². The van der Waals surface area contributed by atoms with Crippen molar-refractivity contribution in [2.24, 2.45) is 0 Å². The fourth-order valence-electron chi connectivity index (χ4n) is 1.17. The van der Waals surface area contributed by atoms with Gasteiger partial charge in [0.1, 0.15) is 0 Å². The third-order valence-electron chi connectivity index (χ3n) is 2.13. The lowest BCUT2D eigenvalue weighted by molar-refractivity contribution is -0.118. The highest BCUT2D eigenvalue weighted by atomic mass is 32.2. The molecule has 3 nitrogen and oxygen atoms in total. The fraction of sp³-hybridized carbons (Fsp3) is 0.250. The van der Waals surface area contributed by atoms with Crippen LogP contribution in [0.15, 0.2) is 35.7 Å². The van der Waals surface area contributed by atoms with Crippen LogP contribution in [0.5, 0.6) is 0 Å². The number of benzene rings is 1. The minimum atomic E-state index is 0.00623. The van der Waals surface area contributed by atoms with Gasteiger partial charge in [-0.25, -0.2) is 0 Å². The van der Waals surface area contributed by atoms with Crippen LogP contribution in [0.2, 0.25) is 0 Å². The molecule has 0 aliphatic rings. The Morgan fingerprint density at radius 2 is 2.38 bits per heavy atom. The van der Waals surface area contributed by atoms with Crippen LogP contribution in [0.25, 0.3) is 0 Å². The van der Waals surface area contributed by atoms with E-state index in [-0.39, 0.29) is 5.91 Å². The van der Waals surface area contributed by atoms with Crippen molar-refractivity contribution < 1.29 is 4.79 Å². The Morgan fingerprint density at radius 3 is 3.06 bits per heavy atom. The van der Waals surface area contributed by atoms with E-state index in [1.807, 2.05) is 25.1 Å². The average molecular weight is 236 g/mol. The fourth-order valence-corrected chi connectivity index (χ4v) is 2.07. The molecule has 86 valence electrons. The van der Waals surface area contributed by atoms with Gasteiger partial charge >= 0.3 is 0 Å². The van der Waals surface area contributed by atoms with Gasteiger partial charge in [-0.05, 0) is 24.6 Å². The molecule has 0 aliphatic carbocycles. The maximum atomic E-state index is 11.4. The number of hydrogen-bond acceptors (Lipinski definition) is 3. The zero-order valence-corrected chi connectivity index (χ0v) is 10.1. The summed E-state index contributed by atoms with van der Waals surface area (Å²) >= 11 is 1.49. The van der Waals surface area contributed by atoms with Crippen LogP contribution in [-0.2, 0) is 4.79 Å². The molecule has 0 heterocycles. The molecule has 0 bridgehead atoms. The molecule has 0 radical (unpaired) electrons. The molecule has 0 unspecified atom stereocenters. The van der Waals surface area contributed by atoms with Crippen LogP contribution in [0.3, 0.4) is 0 Å². The van der Waals surface area contributed by atoms with Crippen molar-refractivity contribution in [3.05, 3.63) is 36.4 Å². The summed E-state index contributed by atoms with van der Waals surface area (Å²) in [6.07, 6.45) is 1.66. The van der Waals surface area contributed by atoms with Crippen LogP contribution in [0.1, 0.15) is 5.56 Å². The Balaban J connectivity index is 2.51. The Hall–Kier alpha value is -1.42. The van der Waals surface area contributed by atoms with Crippen LogP contribution in [0.4, 0.5) is 5.69 Å². The first-order chi connectivity index (χ1) is 7.65. The molecule has 0 atom stereocenters. The van der Waals surface area contributed by atoms with Gasteiger partial charge in [0.2, 0.25) is 5.91 Å². The van der Waals surface area contributed by atoms with E-state index in [1.54, 1.807) is 6.08 Å². The predicted octanol–water partition coefficient (Wildman–Crippen LogP) is 1.97. The number of nitrogen functional groups attached to an aromatic ring is 1.